The number of thiophene rings is 1. The number of hydrogen-bond acceptors (Lipinski definition) is 7. The molecule has 0 aliphatic rings. The van der Waals surface area contributed by atoms with Crippen LogP contribution in [0.2, 0.25) is 4.34 Å². The van der Waals surface area contributed by atoms with Crippen molar-refractivity contribution in [1.29, 1.82) is 0 Å². The predicted octanol–water partition coefficient (Wildman–Crippen LogP) is 4.03. The van der Waals surface area contributed by atoms with E-state index in [0.29, 0.717) is 17.8 Å². The van der Waals surface area contributed by atoms with E-state index in [1.165, 1.54) is 11.3 Å². The summed E-state index contributed by atoms with van der Waals surface area (Å²) in [5.41, 5.74) is 0.890. The van der Waals surface area contributed by atoms with Gasteiger partial charge in [-0.05, 0) is 33.0 Å². The second kappa shape index (κ2) is 6.45. The van der Waals surface area contributed by atoms with Crippen LogP contribution in [-0.2, 0) is 6.42 Å². The van der Waals surface area contributed by atoms with Crippen molar-refractivity contribution in [2.45, 2.75) is 26.3 Å². The first-order chi connectivity index (χ1) is 10.6. The van der Waals surface area contributed by atoms with Crippen LogP contribution in [0.25, 0.3) is 20.7 Å². The van der Waals surface area contributed by atoms with Gasteiger partial charge in [0.1, 0.15) is 9.88 Å². The van der Waals surface area contributed by atoms with Crippen molar-refractivity contribution in [2.75, 3.05) is 7.05 Å². The first-order valence-corrected chi connectivity index (χ1v) is 8.81. The van der Waals surface area contributed by atoms with Crippen LogP contribution >= 0.6 is 34.3 Å². The quantitative estimate of drug-likeness (QED) is 0.749. The minimum atomic E-state index is 0.303. The van der Waals surface area contributed by atoms with Crippen molar-refractivity contribution in [1.82, 2.24) is 20.4 Å². The van der Waals surface area contributed by atoms with E-state index in [0.717, 1.165) is 31.2 Å². The second-order valence-corrected chi connectivity index (χ2v) is 7.66. The van der Waals surface area contributed by atoms with Gasteiger partial charge in [0.15, 0.2) is 5.82 Å². The Labute approximate surface area is 141 Å². The van der Waals surface area contributed by atoms with Gasteiger partial charge in [0.25, 0.3) is 5.89 Å². The molecule has 3 heterocycles. The summed E-state index contributed by atoms with van der Waals surface area (Å²) in [4.78, 5) is 11.0. The Hall–Kier alpha value is -1.28. The fourth-order valence-corrected chi connectivity index (χ4v) is 4.02. The third-order valence-corrected chi connectivity index (χ3v) is 5.77. The Morgan fingerprint density at radius 2 is 2.14 bits per heavy atom. The zero-order valence-electron chi connectivity index (χ0n) is 12.4. The lowest BCUT2D eigenvalue weighted by Crippen LogP contribution is -2.24. The van der Waals surface area contributed by atoms with E-state index >= 15 is 0 Å². The van der Waals surface area contributed by atoms with Crippen LogP contribution < -0.4 is 5.32 Å². The number of aryl methyl sites for hydroxylation is 1. The Balaban J connectivity index is 1.87. The van der Waals surface area contributed by atoms with E-state index < -0.39 is 0 Å². The minimum absolute atomic E-state index is 0.303. The molecule has 0 saturated heterocycles. The molecule has 0 spiro atoms. The highest BCUT2D eigenvalue weighted by Gasteiger charge is 2.18. The molecule has 0 aromatic carbocycles. The Morgan fingerprint density at radius 1 is 1.32 bits per heavy atom. The minimum Gasteiger partial charge on any atom is -0.333 e. The lowest BCUT2D eigenvalue weighted by molar-refractivity contribution is 0.418. The number of nitrogens with zero attached hydrogens (tertiary/aromatic N) is 3. The molecule has 5 nitrogen and oxygen atoms in total. The molecule has 8 heteroatoms. The summed E-state index contributed by atoms with van der Waals surface area (Å²) in [7, 11) is 1.91. The number of aromatic nitrogens is 3. The molecule has 22 heavy (non-hydrogen) atoms. The van der Waals surface area contributed by atoms with Gasteiger partial charge in [-0.2, -0.15) is 4.98 Å². The topological polar surface area (TPSA) is 63.8 Å². The third kappa shape index (κ3) is 3.22. The summed E-state index contributed by atoms with van der Waals surface area (Å²) in [5, 5.41) is 8.13. The summed E-state index contributed by atoms with van der Waals surface area (Å²) < 4.78 is 6.15. The van der Waals surface area contributed by atoms with E-state index in [9.17, 15) is 0 Å². The molecule has 1 atom stereocenters. The van der Waals surface area contributed by atoms with E-state index in [1.54, 1.807) is 11.3 Å². The van der Waals surface area contributed by atoms with Crippen LogP contribution in [0, 0.1) is 6.92 Å². The zero-order chi connectivity index (χ0) is 15.7. The highest BCUT2D eigenvalue weighted by molar-refractivity contribution is 7.25. The van der Waals surface area contributed by atoms with Gasteiger partial charge in [0.05, 0.1) is 14.9 Å². The van der Waals surface area contributed by atoms with Crippen LogP contribution in [-0.4, -0.2) is 28.2 Å². The molecule has 1 N–H and O–H groups in total. The van der Waals surface area contributed by atoms with Crippen molar-refractivity contribution >= 4 is 34.3 Å². The van der Waals surface area contributed by atoms with Gasteiger partial charge in [-0.25, -0.2) is 4.98 Å². The van der Waals surface area contributed by atoms with Gasteiger partial charge < -0.3 is 9.84 Å². The fourth-order valence-electron chi connectivity index (χ4n) is 1.93. The van der Waals surface area contributed by atoms with Gasteiger partial charge in [-0.15, -0.1) is 22.7 Å². The highest BCUT2D eigenvalue weighted by atomic mass is 35.5. The number of hydrogen-bond donors (Lipinski definition) is 1. The molecular formula is C14H15ClN4OS2. The van der Waals surface area contributed by atoms with Crippen LogP contribution in [0.15, 0.2) is 16.7 Å². The van der Waals surface area contributed by atoms with E-state index in [-0.39, 0.29) is 0 Å². The first kappa shape index (κ1) is 15.6. The largest absolute Gasteiger partial charge is 0.333 e. The summed E-state index contributed by atoms with van der Waals surface area (Å²) in [6.45, 7) is 4.03. The van der Waals surface area contributed by atoms with Gasteiger partial charge in [-0.3, -0.25) is 0 Å². The Bertz CT molecular complexity index is 780. The average molecular weight is 355 g/mol. The normalized spacial score (nSPS) is 12.7. The molecule has 0 bridgehead atoms. The standard InChI is InChI=1S/C14H15ClN4OS2/c1-7(16-3)6-11-18-13(20-19-11)12-8(2)17-14(22-12)9-4-5-10(15)21-9/h4-5,7,16H,6H2,1-3H3. The second-order valence-electron chi connectivity index (χ2n) is 4.95. The summed E-state index contributed by atoms with van der Waals surface area (Å²) in [6, 6.07) is 4.15. The predicted molar refractivity (Wildman–Crippen MR) is 90.7 cm³/mol. The molecule has 3 rings (SSSR count). The van der Waals surface area contributed by atoms with Crippen molar-refractivity contribution in [3.63, 3.8) is 0 Å². The number of likely N-dealkylation sites (N-methyl/N-ethyl adjacent to an activating group) is 1. The zero-order valence-corrected chi connectivity index (χ0v) is 14.8. The maximum absolute atomic E-state index is 5.99. The average Bonchev–Trinajstić information content (AvgIpc) is 3.19. The van der Waals surface area contributed by atoms with E-state index in [1.807, 2.05) is 26.1 Å². The molecule has 0 fully saturated rings. The maximum Gasteiger partial charge on any atom is 0.269 e. The fraction of sp³-hybridized carbons (Fsp3) is 0.357. The van der Waals surface area contributed by atoms with Crippen molar-refractivity contribution in [3.05, 3.63) is 28.0 Å². The molecule has 0 aliphatic heterocycles. The number of rotatable bonds is 5. The van der Waals surface area contributed by atoms with E-state index in [4.69, 9.17) is 16.1 Å². The summed E-state index contributed by atoms with van der Waals surface area (Å²) in [6.07, 6.45) is 0.727. The van der Waals surface area contributed by atoms with Gasteiger partial charge in [0, 0.05) is 12.5 Å². The van der Waals surface area contributed by atoms with Gasteiger partial charge in [-0.1, -0.05) is 16.8 Å². The van der Waals surface area contributed by atoms with E-state index in [2.05, 4.69) is 27.4 Å². The maximum atomic E-state index is 5.99. The Morgan fingerprint density at radius 3 is 2.82 bits per heavy atom. The molecule has 0 saturated carbocycles. The van der Waals surface area contributed by atoms with Gasteiger partial charge in [0.2, 0.25) is 0 Å². The third-order valence-electron chi connectivity index (χ3n) is 3.22. The number of nitrogens with one attached hydrogen (secondary N) is 1. The SMILES string of the molecule is CNC(C)Cc1noc(-c2sc(-c3ccc(Cl)s3)nc2C)n1. The highest BCUT2D eigenvalue weighted by Crippen LogP contribution is 2.38. The lowest BCUT2D eigenvalue weighted by Gasteiger charge is -2.04. The smallest absolute Gasteiger partial charge is 0.269 e. The van der Waals surface area contributed by atoms with Crippen LogP contribution in [0.4, 0.5) is 0 Å². The van der Waals surface area contributed by atoms with Gasteiger partial charge >= 0.3 is 0 Å². The molecular weight excluding hydrogens is 340 g/mol. The first-order valence-electron chi connectivity index (χ1n) is 6.80. The molecule has 0 amide bonds. The molecule has 1 unspecified atom stereocenters. The molecule has 3 aromatic heterocycles. The van der Waals surface area contributed by atoms with Crippen LogP contribution in [0.5, 0.6) is 0 Å². The summed E-state index contributed by atoms with van der Waals surface area (Å²) in [5.74, 6) is 1.23. The van der Waals surface area contributed by atoms with Crippen LogP contribution in [0.1, 0.15) is 18.4 Å². The number of halogens is 1. The van der Waals surface area contributed by atoms with Crippen molar-refractivity contribution < 1.29 is 4.52 Å². The molecule has 116 valence electrons. The molecule has 0 aliphatic carbocycles. The Kier molecular flexibility index (Phi) is 4.58. The van der Waals surface area contributed by atoms with Crippen molar-refractivity contribution in [3.8, 4) is 20.7 Å². The molecule has 0 radical (unpaired) electrons. The number of thiazole rings is 1. The summed E-state index contributed by atoms with van der Waals surface area (Å²) >= 11 is 9.05. The van der Waals surface area contributed by atoms with Crippen molar-refractivity contribution in [2.24, 2.45) is 0 Å². The molecule has 3 aromatic rings. The van der Waals surface area contributed by atoms with Crippen LogP contribution in [0.3, 0.4) is 0 Å². The lowest BCUT2D eigenvalue weighted by atomic mass is 10.2. The monoisotopic (exact) mass is 354 g/mol.